The third kappa shape index (κ3) is 3.22. The molecule has 0 aromatic rings. The minimum Gasteiger partial charge on any atom is -0.444 e. The number of carbonyl (C=O) groups is 1. The van der Waals surface area contributed by atoms with Gasteiger partial charge in [0.2, 0.25) is 0 Å². The Labute approximate surface area is 92.9 Å². The SMILES string of the molecule is CC(C)(C)OC(=O)N1CC(C#CBr)C1. The molecule has 0 aliphatic carbocycles. The number of likely N-dealkylation sites (tertiary alicyclic amines) is 1. The van der Waals surface area contributed by atoms with E-state index in [1.54, 1.807) is 4.90 Å². The highest BCUT2D eigenvalue weighted by Crippen LogP contribution is 2.18. The highest BCUT2D eigenvalue weighted by Gasteiger charge is 2.32. The summed E-state index contributed by atoms with van der Waals surface area (Å²) in [7, 11) is 0. The average molecular weight is 260 g/mol. The molecule has 0 aromatic heterocycles. The Bertz CT molecular complexity index is 279. The molecule has 0 saturated carbocycles. The van der Waals surface area contributed by atoms with Crippen molar-refractivity contribution in [2.24, 2.45) is 5.92 Å². The van der Waals surface area contributed by atoms with Gasteiger partial charge < -0.3 is 9.64 Å². The molecular formula is C10H14BrNO2. The quantitative estimate of drug-likeness (QED) is 0.625. The van der Waals surface area contributed by atoms with Crippen LogP contribution in [0.4, 0.5) is 4.79 Å². The molecular weight excluding hydrogens is 246 g/mol. The lowest BCUT2D eigenvalue weighted by Crippen LogP contribution is -2.51. The lowest BCUT2D eigenvalue weighted by atomic mass is 10.0. The Balaban J connectivity index is 2.32. The van der Waals surface area contributed by atoms with Crippen molar-refractivity contribution >= 4 is 22.0 Å². The van der Waals surface area contributed by atoms with Crippen LogP contribution >= 0.6 is 15.9 Å². The molecule has 1 amide bonds. The molecule has 1 aliphatic heterocycles. The van der Waals surface area contributed by atoms with E-state index in [4.69, 9.17) is 4.74 Å². The average Bonchev–Trinajstić information content (AvgIpc) is 1.91. The van der Waals surface area contributed by atoms with Crippen LogP contribution in [0.1, 0.15) is 20.8 Å². The Kier molecular flexibility index (Phi) is 3.43. The maximum atomic E-state index is 11.4. The third-order valence-corrected chi connectivity index (χ3v) is 2.02. The number of carbonyl (C=O) groups excluding carboxylic acids is 1. The van der Waals surface area contributed by atoms with Crippen molar-refractivity contribution in [3.63, 3.8) is 0 Å². The first kappa shape index (κ1) is 11.4. The van der Waals surface area contributed by atoms with Gasteiger partial charge in [-0.05, 0) is 25.6 Å². The maximum absolute atomic E-state index is 11.4. The summed E-state index contributed by atoms with van der Waals surface area (Å²) in [6.45, 7) is 6.93. The molecule has 1 aliphatic rings. The van der Waals surface area contributed by atoms with Gasteiger partial charge in [0.15, 0.2) is 0 Å². The van der Waals surface area contributed by atoms with E-state index >= 15 is 0 Å². The van der Waals surface area contributed by atoms with Gasteiger partial charge in [-0.15, -0.1) is 0 Å². The van der Waals surface area contributed by atoms with Crippen molar-refractivity contribution in [1.29, 1.82) is 0 Å². The normalized spacial score (nSPS) is 16.7. The molecule has 4 heteroatoms. The molecule has 1 rings (SSSR count). The lowest BCUT2D eigenvalue weighted by molar-refractivity contribution is 0.00593. The zero-order valence-corrected chi connectivity index (χ0v) is 10.2. The Morgan fingerprint density at radius 1 is 1.50 bits per heavy atom. The monoisotopic (exact) mass is 259 g/mol. The molecule has 1 saturated heterocycles. The summed E-state index contributed by atoms with van der Waals surface area (Å²) in [6, 6.07) is 0. The van der Waals surface area contributed by atoms with Crippen LogP contribution in [0.2, 0.25) is 0 Å². The van der Waals surface area contributed by atoms with E-state index in [9.17, 15) is 4.79 Å². The number of rotatable bonds is 0. The first-order valence-corrected chi connectivity index (χ1v) is 5.31. The van der Waals surface area contributed by atoms with Crippen molar-refractivity contribution in [2.45, 2.75) is 26.4 Å². The van der Waals surface area contributed by atoms with Gasteiger partial charge in [-0.25, -0.2) is 4.79 Å². The van der Waals surface area contributed by atoms with E-state index in [0.717, 1.165) is 0 Å². The molecule has 78 valence electrons. The largest absolute Gasteiger partial charge is 0.444 e. The first-order chi connectivity index (χ1) is 6.42. The molecule has 3 nitrogen and oxygen atoms in total. The van der Waals surface area contributed by atoms with Crippen LogP contribution in [0.5, 0.6) is 0 Å². The number of ether oxygens (including phenoxy) is 1. The maximum Gasteiger partial charge on any atom is 0.410 e. The number of hydrogen-bond acceptors (Lipinski definition) is 2. The second-order valence-corrected chi connectivity index (χ2v) is 4.72. The van der Waals surface area contributed by atoms with Crippen molar-refractivity contribution < 1.29 is 9.53 Å². The van der Waals surface area contributed by atoms with Crippen molar-refractivity contribution in [3.8, 4) is 10.8 Å². The number of nitrogens with zero attached hydrogens (tertiary/aromatic N) is 1. The molecule has 0 atom stereocenters. The van der Waals surface area contributed by atoms with Crippen molar-refractivity contribution in [2.75, 3.05) is 13.1 Å². The summed E-state index contributed by atoms with van der Waals surface area (Å²) in [5.74, 6) is 3.24. The highest BCUT2D eigenvalue weighted by atomic mass is 79.9. The molecule has 14 heavy (non-hydrogen) atoms. The van der Waals surface area contributed by atoms with Crippen LogP contribution in [0.3, 0.4) is 0 Å². The molecule has 0 aromatic carbocycles. The summed E-state index contributed by atoms with van der Waals surface area (Å²) in [4.78, 5) is 15.8. The summed E-state index contributed by atoms with van der Waals surface area (Å²) >= 11 is 3.03. The van der Waals surface area contributed by atoms with Crippen molar-refractivity contribution in [3.05, 3.63) is 0 Å². The summed E-state index contributed by atoms with van der Waals surface area (Å²) in [5, 5.41) is 0. The highest BCUT2D eigenvalue weighted by molar-refractivity contribution is 9.12. The fourth-order valence-corrected chi connectivity index (χ4v) is 1.45. The fourth-order valence-electron chi connectivity index (χ4n) is 1.12. The number of halogens is 1. The topological polar surface area (TPSA) is 29.5 Å². The van der Waals surface area contributed by atoms with E-state index in [-0.39, 0.29) is 6.09 Å². The van der Waals surface area contributed by atoms with Crippen LogP contribution < -0.4 is 0 Å². The molecule has 0 spiro atoms. The van der Waals surface area contributed by atoms with Gasteiger partial charge in [-0.3, -0.25) is 0 Å². The molecule has 0 unspecified atom stereocenters. The summed E-state index contributed by atoms with van der Waals surface area (Å²) < 4.78 is 5.20. The van der Waals surface area contributed by atoms with E-state index in [0.29, 0.717) is 19.0 Å². The fraction of sp³-hybridized carbons (Fsp3) is 0.700. The van der Waals surface area contributed by atoms with E-state index in [2.05, 4.69) is 26.7 Å². The van der Waals surface area contributed by atoms with Crippen LogP contribution in [-0.2, 0) is 4.74 Å². The minimum atomic E-state index is -0.413. The Morgan fingerprint density at radius 3 is 2.50 bits per heavy atom. The standard InChI is InChI=1S/C10H14BrNO2/c1-10(2,3)14-9(13)12-6-8(7-12)4-5-11/h8H,6-7H2,1-3H3. The van der Waals surface area contributed by atoms with E-state index in [1.807, 2.05) is 20.8 Å². The molecule has 0 bridgehead atoms. The van der Waals surface area contributed by atoms with Crippen LogP contribution in [0.15, 0.2) is 0 Å². The van der Waals surface area contributed by atoms with E-state index < -0.39 is 5.60 Å². The van der Waals surface area contributed by atoms with Gasteiger partial charge in [0, 0.05) is 29.0 Å². The zero-order chi connectivity index (χ0) is 10.8. The Morgan fingerprint density at radius 2 is 2.07 bits per heavy atom. The van der Waals surface area contributed by atoms with E-state index in [1.165, 1.54) is 0 Å². The lowest BCUT2D eigenvalue weighted by Gasteiger charge is -2.37. The summed E-state index contributed by atoms with van der Waals surface area (Å²) in [5.41, 5.74) is -0.413. The number of amides is 1. The van der Waals surface area contributed by atoms with Gasteiger partial charge >= 0.3 is 6.09 Å². The molecule has 0 N–H and O–H groups in total. The second kappa shape index (κ2) is 4.22. The predicted octanol–water partition coefficient (Wildman–Crippen LogP) is 2.21. The van der Waals surface area contributed by atoms with Gasteiger partial charge in [-0.1, -0.05) is 5.92 Å². The van der Waals surface area contributed by atoms with Crippen LogP contribution in [0, 0.1) is 16.7 Å². The van der Waals surface area contributed by atoms with Crippen LogP contribution in [-0.4, -0.2) is 29.7 Å². The van der Waals surface area contributed by atoms with Gasteiger partial charge in [-0.2, -0.15) is 0 Å². The molecule has 1 fully saturated rings. The number of hydrogen-bond donors (Lipinski definition) is 0. The van der Waals surface area contributed by atoms with Crippen LogP contribution in [0.25, 0.3) is 0 Å². The van der Waals surface area contributed by atoms with Gasteiger partial charge in [0.1, 0.15) is 5.60 Å². The first-order valence-electron chi connectivity index (χ1n) is 4.51. The van der Waals surface area contributed by atoms with Crippen molar-refractivity contribution in [1.82, 2.24) is 4.90 Å². The molecule has 0 radical (unpaired) electrons. The zero-order valence-electron chi connectivity index (χ0n) is 8.63. The van der Waals surface area contributed by atoms with Gasteiger partial charge in [0.25, 0.3) is 0 Å². The third-order valence-electron chi connectivity index (χ3n) is 1.79. The Hall–Kier alpha value is -0.690. The molecule has 1 heterocycles. The minimum absolute atomic E-state index is 0.245. The smallest absolute Gasteiger partial charge is 0.410 e. The summed E-state index contributed by atoms with van der Waals surface area (Å²) in [6.07, 6.45) is -0.245. The second-order valence-electron chi connectivity index (χ2n) is 4.32. The predicted molar refractivity (Wildman–Crippen MR) is 58.0 cm³/mol. The van der Waals surface area contributed by atoms with Gasteiger partial charge in [0.05, 0.1) is 5.92 Å².